The van der Waals surface area contributed by atoms with Crippen LogP contribution in [-0.4, -0.2) is 19.2 Å². The average Bonchev–Trinajstić information content (AvgIpc) is 3.13. The molecule has 1 heterocycles. The highest BCUT2D eigenvalue weighted by atomic mass is 16.7. The number of quaternary nitrogens is 1. The van der Waals surface area contributed by atoms with Crippen LogP contribution < -0.4 is 20.1 Å². The van der Waals surface area contributed by atoms with Crippen molar-refractivity contribution in [3.05, 3.63) is 66.2 Å². The van der Waals surface area contributed by atoms with Crippen molar-refractivity contribution < 1.29 is 19.6 Å². The van der Waals surface area contributed by atoms with Crippen molar-refractivity contribution in [1.29, 1.82) is 0 Å². The molecule has 1 amide bonds. The maximum Gasteiger partial charge on any atom is 0.279 e. The zero-order valence-electron chi connectivity index (χ0n) is 14.6. The first-order valence-electron chi connectivity index (χ1n) is 8.71. The molecular formula is C21H21N2O3+. The Kier molecular flexibility index (Phi) is 4.46. The second kappa shape index (κ2) is 7.06. The zero-order valence-corrected chi connectivity index (χ0v) is 14.6. The summed E-state index contributed by atoms with van der Waals surface area (Å²) < 4.78 is 10.6. The van der Waals surface area contributed by atoms with Crippen LogP contribution in [0.15, 0.2) is 60.7 Å². The second-order valence-electron chi connectivity index (χ2n) is 6.41. The van der Waals surface area contributed by atoms with Gasteiger partial charge >= 0.3 is 0 Å². The van der Waals surface area contributed by atoms with Crippen molar-refractivity contribution in [3.8, 4) is 11.5 Å². The van der Waals surface area contributed by atoms with Gasteiger partial charge in [-0.05, 0) is 29.8 Å². The van der Waals surface area contributed by atoms with Gasteiger partial charge in [0.15, 0.2) is 18.0 Å². The van der Waals surface area contributed by atoms with Gasteiger partial charge in [-0.1, -0.05) is 42.5 Å². The van der Waals surface area contributed by atoms with Crippen LogP contribution >= 0.6 is 0 Å². The predicted molar refractivity (Wildman–Crippen MR) is 100 cm³/mol. The smallest absolute Gasteiger partial charge is 0.279 e. The van der Waals surface area contributed by atoms with Gasteiger partial charge in [0.2, 0.25) is 6.79 Å². The Morgan fingerprint density at radius 3 is 2.81 bits per heavy atom. The molecule has 3 N–H and O–H groups in total. The molecule has 5 heteroatoms. The van der Waals surface area contributed by atoms with Gasteiger partial charge in [-0.3, -0.25) is 4.79 Å². The van der Waals surface area contributed by atoms with Gasteiger partial charge in [0, 0.05) is 17.3 Å². The molecule has 0 bridgehead atoms. The summed E-state index contributed by atoms with van der Waals surface area (Å²) in [6.07, 6.45) is 0. The number of benzene rings is 3. The van der Waals surface area contributed by atoms with Crippen LogP contribution in [0.1, 0.15) is 18.5 Å². The zero-order chi connectivity index (χ0) is 17.9. The van der Waals surface area contributed by atoms with E-state index < -0.39 is 0 Å². The number of hydrogen-bond donors (Lipinski definition) is 2. The molecule has 3 aromatic rings. The minimum Gasteiger partial charge on any atom is -0.454 e. The van der Waals surface area contributed by atoms with Gasteiger partial charge in [-0.25, -0.2) is 0 Å². The third kappa shape index (κ3) is 3.34. The van der Waals surface area contributed by atoms with Gasteiger partial charge in [0.1, 0.15) is 6.04 Å². The van der Waals surface area contributed by atoms with Crippen molar-refractivity contribution in [2.24, 2.45) is 0 Å². The minimum atomic E-state index is -0.0454. The normalized spacial score (nSPS) is 13.6. The third-order valence-corrected chi connectivity index (χ3v) is 4.63. The highest BCUT2D eigenvalue weighted by Gasteiger charge is 2.16. The minimum absolute atomic E-state index is 0.0454. The molecule has 1 aliphatic rings. The Bertz CT molecular complexity index is 950. The molecule has 3 aromatic carbocycles. The van der Waals surface area contributed by atoms with E-state index in [9.17, 15) is 4.79 Å². The molecule has 5 nitrogen and oxygen atoms in total. The second-order valence-corrected chi connectivity index (χ2v) is 6.41. The fraction of sp³-hybridized carbons (Fsp3) is 0.190. The highest BCUT2D eigenvalue weighted by Crippen LogP contribution is 2.34. The summed E-state index contributed by atoms with van der Waals surface area (Å²) in [5.41, 5.74) is 1.95. The summed E-state index contributed by atoms with van der Waals surface area (Å²) in [5.74, 6) is 1.32. The fourth-order valence-corrected chi connectivity index (χ4v) is 3.24. The molecule has 0 radical (unpaired) electrons. The van der Waals surface area contributed by atoms with Crippen LogP contribution in [0.4, 0.5) is 5.69 Å². The van der Waals surface area contributed by atoms with Crippen molar-refractivity contribution >= 4 is 22.4 Å². The van der Waals surface area contributed by atoms with Crippen LogP contribution in [-0.2, 0) is 4.79 Å². The summed E-state index contributed by atoms with van der Waals surface area (Å²) in [7, 11) is 0. The molecule has 0 aromatic heterocycles. The number of carbonyl (C=O) groups excluding carboxylic acids is 1. The summed E-state index contributed by atoms with van der Waals surface area (Å²) in [5, 5.41) is 7.40. The maximum absolute atomic E-state index is 12.3. The van der Waals surface area contributed by atoms with E-state index in [0.29, 0.717) is 23.7 Å². The summed E-state index contributed by atoms with van der Waals surface area (Å²) in [6, 6.07) is 20.2. The van der Waals surface area contributed by atoms with Crippen molar-refractivity contribution in [2.75, 3.05) is 18.7 Å². The summed E-state index contributed by atoms with van der Waals surface area (Å²) >= 11 is 0. The fourth-order valence-electron chi connectivity index (χ4n) is 3.24. The molecule has 1 aliphatic heterocycles. The number of hydrogen-bond acceptors (Lipinski definition) is 3. The Morgan fingerprint density at radius 1 is 1.08 bits per heavy atom. The summed E-state index contributed by atoms with van der Waals surface area (Å²) in [4.78, 5) is 12.3. The monoisotopic (exact) mass is 349 g/mol. The largest absolute Gasteiger partial charge is 0.454 e. The van der Waals surface area contributed by atoms with Crippen molar-refractivity contribution in [1.82, 2.24) is 0 Å². The molecule has 0 fully saturated rings. The molecule has 132 valence electrons. The molecule has 26 heavy (non-hydrogen) atoms. The molecule has 0 saturated heterocycles. The first-order valence-corrected chi connectivity index (χ1v) is 8.71. The van der Waals surface area contributed by atoms with E-state index in [4.69, 9.17) is 9.47 Å². The number of fused-ring (bicyclic) bond motifs is 2. The lowest BCUT2D eigenvalue weighted by atomic mass is 10.00. The number of nitrogens with two attached hydrogens (primary N) is 1. The quantitative estimate of drug-likeness (QED) is 0.744. The van der Waals surface area contributed by atoms with E-state index in [-0.39, 0.29) is 18.7 Å². The Balaban J connectivity index is 1.39. The highest BCUT2D eigenvalue weighted by molar-refractivity contribution is 5.91. The maximum atomic E-state index is 12.3. The molecule has 1 atom stereocenters. The van der Waals surface area contributed by atoms with Crippen LogP contribution in [0.3, 0.4) is 0 Å². The standard InChI is InChI=1S/C21H20N2O3/c1-14(17-8-4-6-15-5-2-3-7-18(15)17)22-12-21(24)23-16-9-10-19-20(11-16)26-13-25-19/h2-11,14,22H,12-13H2,1H3,(H,23,24)/p+1/t14-/m1/s1. The van der Waals surface area contributed by atoms with E-state index in [1.54, 1.807) is 12.1 Å². The average molecular weight is 349 g/mol. The van der Waals surface area contributed by atoms with Crippen LogP contribution in [0.25, 0.3) is 10.8 Å². The molecular weight excluding hydrogens is 328 g/mol. The Hall–Kier alpha value is -3.05. The number of carbonyl (C=O) groups is 1. The van der Waals surface area contributed by atoms with Crippen LogP contribution in [0, 0.1) is 0 Å². The molecule has 0 saturated carbocycles. The van der Waals surface area contributed by atoms with Gasteiger partial charge in [-0.15, -0.1) is 0 Å². The molecule has 0 unspecified atom stereocenters. The topological polar surface area (TPSA) is 64.2 Å². The van der Waals surface area contributed by atoms with E-state index in [2.05, 4.69) is 42.6 Å². The van der Waals surface area contributed by atoms with E-state index in [1.807, 2.05) is 23.5 Å². The van der Waals surface area contributed by atoms with E-state index in [1.165, 1.54) is 16.3 Å². The van der Waals surface area contributed by atoms with Crippen LogP contribution in [0.2, 0.25) is 0 Å². The van der Waals surface area contributed by atoms with Gasteiger partial charge < -0.3 is 20.1 Å². The number of rotatable bonds is 5. The molecule has 0 aliphatic carbocycles. The lowest BCUT2D eigenvalue weighted by Gasteiger charge is -2.14. The predicted octanol–water partition coefficient (Wildman–Crippen LogP) is 2.83. The number of ether oxygens (including phenoxy) is 2. The van der Waals surface area contributed by atoms with Gasteiger partial charge in [0.25, 0.3) is 5.91 Å². The summed E-state index contributed by atoms with van der Waals surface area (Å²) in [6.45, 7) is 2.69. The SMILES string of the molecule is C[C@@H]([NH2+]CC(=O)Nc1ccc2c(c1)OCO2)c1cccc2ccccc12. The van der Waals surface area contributed by atoms with Crippen molar-refractivity contribution in [2.45, 2.75) is 13.0 Å². The first-order chi connectivity index (χ1) is 12.7. The van der Waals surface area contributed by atoms with Crippen LogP contribution in [0.5, 0.6) is 11.5 Å². The molecule has 4 rings (SSSR count). The van der Waals surface area contributed by atoms with E-state index in [0.717, 1.165) is 0 Å². The third-order valence-electron chi connectivity index (χ3n) is 4.63. The van der Waals surface area contributed by atoms with Gasteiger partial charge in [-0.2, -0.15) is 0 Å². The lowest BCUT2D eigenvalue weighted by Crippen LogP contribution is -2.86. The Labute approximate surface area is 151 Å². The number of amides is 1. The lowest BCUT2D eigenvalue weighted by molar-refractivity contribution is -0.682. The first kappa shape index (κ1) is 16.4. The molecule has 0 spiro atoms. The Morgan fingerprint density at radius 2 is 1.88 bits per heavy atom. The van der Waals surface area contributed by atoms with Gasteiger partial charge in [0.05, 0.1) is 0 Å². The number of nitrogens with one attached hydrogen (secondary N) is 1. The van der Waals surface area contributed by atoms with Crippen molar-refractivity contribution in [3.63, 3.8) is 0 Å². The van der Waals surface area contributed by atoms with E-state index >= 15 is 0 Å². The number of anilines is 1.